The molecule has 8 heteroatoms. The van der Waals surface area contributed by atoms with E-state index < -0.39 is 23.4 Å². The lowest BCUT2D eigenvalue weighted by atomic mass is 10.1. The Hall–Kier alpha value is -2.25. The molecule has 0 unspecified atom stereocenters. The number of hydrogen-bond donors (Lipinski definition) is 2. The Bertz CT molecular complexity index is 578. The summed E-state index contributed by atoms with van der Waals surface area (Å²) >= 11 is 0. The van der Waals surface area contributed by atoms with Gasteiger partial charge >= 0.3 is 12.3 Å². The van der Waals surface area contributed by atoms with Crippen molar-refractivity contribution in [2.45, 2.75) is 45.4 Å². The zero-order chi connectivity index (χ0) is 19.1. The van der Waals surface area contributed by atoms with E-state index in [0.29, 0.717) is 25.1 Å². The van der Waals surface area contributed by atoms with Crippen molar-refractivity contribution in [2.24, 2.45) is 0 Å². The molecule has 0 radical (unpaired) electrons. The maximum atomic E-state index is 12.5. The summed E-state index contributed by atoms with van der Waals surface area (Å²) in [7, 11) is 0. The molecular formula is C17H23F3N2O3. The van der Waals surface area contributed by atoms with E-state index in [9.17, 15) is 22.8 Å². The Labute approximate surface area is 144 Å². The van der Waals surface area contributed by atoms with Crippen LogP contribution in [-0.2, 0) is 22.1 Å². The van der Waals surface area contributed by atoms with Gasteiger partial charge in [-0.3, -0.25) is 4.79 Å². The van der Waals surface area contributed by atoms with Crippen LogP contribution < -0.4 is 10.6 Å². The van der Waals surface area contributed by atoms with Gasteiger partial charge in [-0.2, -0.15) is 13.2 Å². The van der Waals surface area contributed by atoms with Crippen molar-refractivity contribution in [3.8, 4) is 0 Å². The summed E-state index contributed by atoms with van der Waals surface area (Å²) in [6, 6.07) is 4.47. The van der Waals surface area contributed by atoms with Gasteiger partial charge < -0.3 is 15.4 Å². The highest BCUT2D eigenvalue weighted by Gasteiger charge is 2.29. The van der Waals surface area contributed by atoms with Gasteiger partial charge in [0.25, 0.3) is 0 Å². The molecule has 0 atom stereocenters. The van der Waals surface area contributed by atoms with Gasteiger partial charge in [0.05, 0.1) is 12.0 Å². The summed E-state index contributed by atoms with van der Waals surface area (Å²) in [5.74, 6) is -0.294. The Morgan fingerprint density at radius 2 is 1.56 bits per heavy atom. The van der Waals surface area contributed by atoms with E-state index in [1.54, 1.807) is 20.8 Å². The number of nitrogens with one attached hydrogen (secondary N) is 2. The minimum atomic E-state index is -4.39. The zero-order valence-corrected chi connectivity index (χ0v) is 14.5. The van der Waals surface area contributed by atoms with Crippen molar-refractivity contribution in [3.63, 3.8) is 0 Å². The average Bonchev–Trinajstić information content (AvgIpc) is 2.44. The molecule has 0 fully saturated rings. The van der Waals surface area contributed by atoms with Crippen LogP contribution >= 0.6 is 0 Å². The van der Waals surface area contributed by atoms with E-state index in [1.165, 1.54) is 12.1 Å². The first-order valence-electron chi connectivity index (χ1n) is 7.87. The van der Waals surface area contributed by atoms with E-state index in [0.717, 1.165) is 12.1 Å². The SMILES string of the molecule is CC(C)(C)OC(=O)NCCCNC(=O)Cc1ccc(C(F)(F)F)cc1. The predicted molar refractivity (Wildman–Crippen MR) is 87.0 cm³/mol. The van der Waals surface area contributed by atoms with Gasteiger partial charge in [0.15, 0.2) is 0 Å². The first-order valence-corrected chi connectivity index (χ1v) is 7.87. The van der Waals surface area contributed by atoms with Crippen molar-refractivity contribution >= 4 is 12.0 Å². The number of benzene rings is 1. The number of hydrogen-bond acceptors (Lipinski definition) is 3. The van der Waals surface area contributed by atoms with Crippen LogP contribution in [0.4, 0.5) is 18.0 Å². The van der Waals surface area contributed by atoms with Crippen LogP contribution in [0.1, 0.15) is 38.3 Å². The molecule has 1 aromatic carbocycles. The Morgan fingerprint density at radius 3 is 2.08 bits per heavy atom. The lowest BCUT2D eigenvalue weighted by Gasteiger charge is -2.19. The first kappa shape index (κ1) is 20.8. The third-order valence-electron chi connectivity index (χ3n) is 2.99. The van der Waals surface area contributed by atoms with Gasteiger partial charge in [-0.1, -0.05) is 12.1 Å². The smallest absolute Gasteiger partial charge is 0.416 e. The average molecular weight is 360 g/mol. The van der Waals surface area contributed by atoms with Crippen LogP contribution in [0, 0.1) is 0 Å². The molecule has 1 aromatic rings. The van der Waals surface area contributed by atoms with E-state index in [-0.39, 0.29) is 12.3 Å². The van der Waals surface area contributed by atoms with Crippen molar-refractivity contribution in [1.82, 2.24) is 10.6 Å². The van der Waals surface area contributed by atoms with E-state index in [2.05, 4.69) is 10.6 Å². The largest absolute Gasteiger partial charge is 0.444 e. The number of amides is 2. The molecule has 140 valence electrons. The van der Waals surface area contributed by atoms with Crippen molar-refractivity contribution in [2.75, 3.05) is 13.1 Å². The van der Waals surface area contributed by atoms with Gasteiger partial charge in [-0.15, -0.1) is 0 Å². The number of rotatable bonds is 6. The Kier molecular flexibility index (Phi) is 7.26. The standard InChI is InChI=1S/C17H23F3N2O3/c1-16(2,3)25-15(24)22-10-4-9-21-14(23)11-12-5-7-13(8-6-12)17(18,19)20/h5-8H,4,9-11H2,1-3H3,(H,21,23)(H,22,24). The molecule has 0 aliphatic rings. The number of alkyl carbamates (subject to hydrolysis) is 1. The lowest BCUT2D eigenvalue weighted by molar-refractivity contribution is -0.137. The molecule has 0 bridgehead atoms. The molecule has 1 rings (SSSR count). The van der Waals surface area contributed by atoms with Crippen LogP contribution in [0.25, 0.3) is 0 Å². The molecule has 2 amide bonds. The molecule has 0 heterocycles. The molecule has 0 aliphatic carbocycles. The topological polar surface area (TPSA) is 67.4 Å². The molecule has 0 saturated carbocycles. The number of ether oxygens (including phenoxy) is 1. The highest BCUT2D eigenvalue weighted by Crippen LogP contribution is 2.29. The molecular weight excluding hydrogens is 337 g/mol. The summed E-state index contributed by atoms with van der Waals surface area (Å²) in [5.41, 5.74) is -0.817. The number of alkyl halides is 3. The van der Waals surface area contributed by atoms with Crippen LogP contribution in [0.2, 0.25) is 0 Å². The van der Waals surface area contributed by atoms with Crippen LogP contribution in [0.15, 0.2) is 24.3 Å². The second-order valence-electron chi connectivity index (χ2n) is 6.50. The molecule has 5 nitrogen and oxygen atoms in total. The minimum Gasteiger partial charge on any atom is -0.444 e. The quantitative estimate of drug-likeness (QED) is 0.765. The van der Waals surface area contributed by atoms with Gasteiger partial charge in [-0.25, -0.2) is 4.79 Å². The van der Waals surface area contributed by atoms with Gasteiger partial charge in [0, 0.05) is 13.1 Å². The second-order valence-corrected chi connectivity index (χ2v) is 6.50. The third-order valence-corrected chi connectivity index (χ3v) is 2.99. The molecule has 0 aliphatic heterocycles. The molecule has 0 spiro atoms. The van der Waals surface area contributed by atoms with Crippen LogP contribution in [0.5, 0.6) is 0 Å². The molecule has 0 aromatic heterocycles. The Morgan fingerprint density at radius 1 is 1.00 bits per heavy atom. The predicted octanol–water partition coefficient (Wildman–Crippen LogP) is 3.28. The second kappa shape index (κ2) is 8.73. The number of carbonyl (C=O) groups excluding carboxylic acids is 2. The Balaban J connectivity index is 2.24. The normalized spacial score (nSPS) is 11.8. The monoisotopic (exact) mass is 360 g/mol. The summed E-state index contributed by atoms with van der Waals surface area (Å²) in [4.78, 5) is 23.1. The van der Waals surface area contributed by atoms with Crippen LogP contribution in [0.3, 0.4) is 0 Å². The molecule has 25 heavy (non-hydrogen) atoms. The van der Waals surface area contributed by atoms with Crippen LogP contribution in [-0.4, -0.2) is 30.7 Å². The number of carbonyl (C=O) groups is 2. The fourth-order valence-electron chi connectivity index (χ4n) is 1.88. The number of halogens is 3. The third kappa shape index (κ3) is 8.97. The minimum absolute atomic E-state index is 0.00235. The zero-order valence-electron chi connectivity index (χ0n) is 14.5. The van der Waals surface area contributed by atoms with Gasteiger partial charge in [0.1, 0.15) is 5.60 Å². The van der Waals surface area contributed by atoms with E-state index >= 15 is 0 Å². The first-order chi connectivity index (χ1) is 11.5. The highest BCUT2D eigenvalue weighted by atomic mass is 19.4. The molecule has 2 N–H and O–H groups in total. The summed E-state index contributed by atoms with van der Waals surface area (Å²) in [6.07, 6.45) is -4.40. The summed E-state index contributed by atoms with van der Waals surface area (Å²) in [5, 5.41) is 5.21. The van der Waals surface area contributed by atoms with Gasteiger partial charge in [0.2, 0.25) is 5.91 Å². The highest BCUT2D eigenvalue weighted by molar-refractivity contribution is 5.78. The maximum absolute atomic E-state index is 12.5. The van der Waals surface area contributed by atoms with Crippen molar-refractivity contribution in [3.05, 3.63) is 35.4 Å². The van der Waals surface area contributed by atoms with E-state index in [4.69, 9.17) is 4.74 Å². The maximum Gasteiger partial charge on any atom is 0.416 e. The van der Waals surface area contributed by atoms with Gasteiger partial charge in [-0.05, 0) is 44.9 Å². The van der Waals surface area contributed by atoms with Crippen molar-refractivity contribution in [1.29, 1.82) is 0 Å². The summed E-state index contributed by atoms with van der Waals surface area (Å²) in [6.45, 7) is 5.96. The van der Waals surface area contributed by atoms with Crippen molar-refractivity contribution < 1.29 is 27.5 Å². The summed E-state index contributed by atoms with van der Waals surface area (Å²) < 4.78 is 42.4. The lowest BCUT2D eigenvalue weighted by Crippen LogP contribution is -2.34. The fourth-order valence-corrected chi connectivity index (χ4v) is 1.88. The van der Waals surface area contributed by atoms with E-state index in [1.807, 2.05) is 0 Å². The molecule has 0 saturated heterocycles. The fraction of sp³-hybridized carbons (Fsp3) is 0.529.